The van der Waals surface area contributed by atoms with Crippen LogP contribution in [0.2, 0.25) is 0 Å². The first kappa shape index (κ1) is 10.8. The zero-order valence-corrected chi connectivity index (χ0v) is 9.07. The standard InChI is InChI=1S/C14H14O2/c15-14(16)10-9-13-7-5-12(6-8-13)4-3-11-1-2-11/h5-8,11H,1-2,9-10H2,(H,15,16). The monoisotopic (exact) mass is 214 g/mol. The second-order valence-corrected chi connectivity index (χ2v) is 4.13. The molecule has 1 aromatic carbocycles. The summed E-state index contributed by atoms with van der Waals surface area (Å²) in [4.78, 5) is 10.4. The number of aliphatic carboxylic acids is 1. The average molecular weight is 214 g/mol. The van der Waals surface area contributed by atoms with Gasteiger partial charge in [0.2, 0.25) is 0 Å². The van der Waals surface area contributed by atoms with Crippen LogP contribution >= 0.6 is 0 Å². The molecule has 1 N–H and O–H groups in total. The Morgan fingerprint density at radius 3 is 2.56 bits per heavy atom. The van der Waals surface area contributed by atoms with E-state index in [2.05, 4.69) is 11.8 Å². The Bertz CT molecular complexity index is 430. The first-order valence-electron chi connectivity index (χ1n) is 5.56. The number of aryl methyl sites for hydroxylation is 1. The van der Waals surface area contributed by atoms with Gasteiger partial charge in [0.15, 0.2) is 0 Å². The number of hydrogen-bond donors (Lipinski definition) is 1. The van der Waals surface area contributed by atoms with Crippen molar-refractivity contribution in [3.05, 3.63) is 35.4 Å². The second-order valence-electron chi connectivity index (χ2n) is 4.13. The zero-order valence-electron chi connectivity index (χ0n) is 9.07. The lowest BCUT2D eigenvalue weighted by atomic mass is 10.1. The molecule has 0 spiro atoms. The van der Waals surface area contributed by atoms with Crippen LogP contribution in [0.15, 0.2) is 24.3 Å². The number of carboxylic acid groups (broad SMARTS) is 1. The zero-order chi connectivity index (χ0) is 11.4. The second kappa shape index (κ2) is 4.85. The van der Waals surface area contributed by atoms with Crippen LogP contribution in [0, 0.1) is 17.8 Å². The Morgan fingerprint density at radius 2 is 2.00 bits per heavy atom. The number of carboxylic acids is 1. The highest BCUT2D eigenvalue weighted by molar-refractivity contribution is 5.67. The molecule has 2 rings (SSSR count). The van der Waals surface area contributed by atoms with Crippen molar-refractivity contribution in [3.63, 3.8) is 0 Å². The molecule has 0 unspecified atom stereocenters. The van der Waals surface area contributed by atoms with Gasteiger partial charge in [-0.3, -0.25) is 4.79 Å². The van der Waals surface area contributed by atoms with Gasteiger partial charge in [0.1, 0.15) is 0 Å². The fraction of sp³-hybridized carbons (Fsp3) is 0.357. The molecular weight excluding hydrogens is 200 g/mol. The number of hydrogen-bond acceptors (Lipinski definition) is 1. The highest BCUT2D eigenvalue weighted by Gasteiger charge is 2.17. The lowest BCUT2D eigenvalue weighted by Gasteiger charge is -1.98. The Hall–Kier alpha value is -1.75. The van der Waals surface area contributed by atoms with Gasteiger partial charge in [-0.1, -0.05) is 24.0 Å². The van der Waals surface area contributed by atoms with Crippen molar-refractivity contribution >= 4 is 5.97 Å². The molecule has 0 atom stereocenters. The summed E-state index contributed by atoms with van der Waals surface area (Å²) in [6.45, 7) is 0. The molecular formula is C14H14O2. The summed E-state index contributed by atoms with van der Waals surface area (Å²) in [6.07, 6.45) is 3.26. The van der Waals surface area contributed by atoms with Gasteiger partial charge < -0.3 is 5.11 Å². The molecule has 1 aliphatic carbocycles. The van der Waals surface area contributed by atoms with Crippen molar-refractivity contribution in [3.8, 4) is 11.8 Å². The first-order chi connectivity index (χ1) is 7.74. The molecule has 0 saturated heterocycles. The predicted molar refractivity (Wildman–Crippen MR) is 62.0 cm³/mol. The summed E-state index contributed by atoms with van der Waals surface area (Å²) in [5.74, 6) is 6.20. The van der Waals surface area contributed by atoms with Crippen molar-refractivity contribution in [1.29, 1.82) is 0 Å². The minimum absolute atomic E-state index is 0.188. The van der Waals surface area contributed by atoms with Crippen LogP contribution in [0.3, 0.4) is 0 Å². The molecule has 82 valence electrons. The van der Waals surface area contributed by atoms with Crippen molar-refractivity contribution in [2.45, 2.75) is 25.7 Å². The van der Waals surface area contributed by atoms with E-state index in [4.69, 9.17) is 5.11 Å². The summed E-state index contributed by atoms with van der Waals surface area (Å²) in [5.41, 5.74) is 2.07. The van der Waals surface area contributed by atoms with E-state index in [1.807, 2.05) is 24.3 Å². The Morgan fingerprint density at radius 1 is 1.31 bits per heavy atom. The fourth-order valence-electron chi connectivity index (χ4n) is 1.42. The molecule has 0 bridgehead atoms. The molecule has 0 heterocycles. The molecule has 16 heavy (non-hydrogen) atoms. The van der Waals surface area contributed by atoms with E-state index in [1.165, 1.54) is 12.8 Å². The van der Waals surface area contributed by atoms with Crippen LogP contribution in [0.4, 0.5) is 0 Å². The quantitative estimate of drug-likeness (QED) is 0.785. The van der Waals surface area contributed by atoms with Crippen molar-refractivity contribution < 1.29 is 9.90 Å². The molecule has 2 heteroatoms. The van der Waals surface area contributed by atoms with E-state index in [1.54, 1.807) is 0 Å². The normalized spacial score (nSPS) is 14.0. The van der Waals surface area contributed by atoms with Crippen LogP contribution in [0.25, 0.3) is 0 Å². The minimum atomic E-state index is -0.752. The van der Waals surface area contributed by atoms with Gasteiger partial charge in [-0.05, 0) is 37.0 Å². The lowest BCUT2D eigenvalue weighted by molar-refractivity contribution is -0.136. The predicted octanol–water partition coefficient (Wildman–Crippen LogP) is 2.47. The largest absolute Gasteiger partial charge is 0.481 e. The molecule has 1 aromatic rings. The van der Waals surface area contributed by atoms with Crippen LogP contribution in [-0.2, 0) is 11.2 Å². The number of rotatable bonds is 3. The molecule has 2 nitrogen and oxygen atoms in total. The minimum Gasteiger partial charge on any atom is -0.481 e. The summed E-state index contributed by atoms with van der Waals surface area (Å²) in [6, 6.07) is 7.85. The van der Waals surface area contributed by atoms with Gasteiger partial charge in [-0.25, -0.2) is 0 Å². The molecule has 0 radical (unpaired) electrons. The fourth-order valence-corrected chi connectivity index (χ4v) is 1.42. The SMILES string of the molecule is O=C(O)CCc1ccc(C#CC2CC2)cc1. The maximum absolute atomic E-state index is 10.4. The van der Waals surface area contributed by atoms with Gasteiger partial charge in [-0.15, -0.1) is 0 Å². The Balaban J connectivity index is 1.93. The number of benzene rings is 1. The summed E-state index contributed by atoms with van der Waals surface area (Å²) in [7, 11) is 0. The van der Waals surface area contributed by atoms with E-state index in [-0.39, 0.29) is 6.42 Å². The lowest BCUT2D eigenvalue weighted by Crippen LogP contribution is -1.97. The Kier molecular flexibility index (Phi) is 3.26. The molecule has 1 saturated carbocycles. The molecule has 1 aliphatic rings. The summed E-state index contributed by atoms with van der Waals surface area (Å²) < 4.78 is 0. The third kappa shape index (κ3) is 3.43. The highest BCUT2D eigenvalue weighted by Crippen LogP contribution is 2.27. The van der Waals surface area contributed by atoms with Gasteiger partial charge >= 0.3 is 5.97 Å². The first-order valence-corrected chi connectivity index (χ1v) is 5.56. The maximum atomic E-state index is 10.4. The Labute approximate surface area is 95.3 Å². The molecule has 0 aromatic heterocycles. The highest BCUT2D eigenvalue weighted by atomic mass is 16.4. The average Bonchev–Trinajstić information content (AvgIpc) is 3.09. The van der Waals surface area contributed by atoms with Crippen LogP contribution in [-0.4, -0.2) is 11.1 Å². The topological polar surface area (TPSA) is 37.3 Å². The van der Waals surface area contributed by atoms with Gasteiger partial charge in [-0.2, -0.15) is 0 Å². The van der Waals surface area contributed by atoms with Crippen molar-refractivity contribution in [2.75, 3.05) is 0 Å². The number of carbonyl (C=O) groups is 1. The van der Waals surface area contributed by atoms with E-state index in [0.717, 1.165) is 11.1 Å². The van der Waals surface area contributed by atoms with Gasteiger partial charge in [0.05, 0.1) is 0 Å². The van der Waals surface area contributed by atoms with Gasteiger partial charge in [0.25, 0.3) is 0 Å². The van der Waals surface area contributed by atoms with Gasteiger partial charge in [0, 0.05) is 17.9 Å². The third-order valence-corrected chi connectivity index (χ3v) is 2.58. The summed E-state index contributed by atoms with van der Waals surface area (Å²) in [5, 5.41) is 8.56. The van der Waals surface area contributed by atoms with E-state index in [9.17, 15) is 4.79 Å². The van der Waals surface area contributed by atoms with Crippen molar-refractivity contribution in [2.24, 2.45) is 5.92 Å². The molecule has 0 aliphatic heterocycles. The molecule has 1 fully saturated rings. The van der Waals surface area contributed by atoms with Crippen LogP contribution in [0.5, 0.6) is 0 Å². The van der Waals surface area contributed by atoms with Crippen LogP contribution < -0.4 is 0 Å². The summed E-state index contributed by atoms with van der Waals surface area (Å²) >= 11 is 0. The van der Waals surface area contributed by atoms with E-state index >= 15 is 0 Å². The van der Waals surface area contributed by atoms with E-state index < -0.39 is 5.97 Å². The molecule has 0 amide bonds. The maximum Gasteiger partial charge on any atom is 0.303 e. The van der Waals surface area contributed by atoms with Crippen molar-refractivity contribution in [1.82, 2.24) is 0 Å². The smallest absolute Gasteiger partial charge is 0.303 e. The van der Waals surface area contributed by atoms with E-state index in [0.29, 0.717) is 12.3 Å². The third-order valence-electron chi connectivity index (χ3n) is 2.58. The van der Waals surface area contributed by atoms with Crippen LogP contribution in [0.1, 0.15) is 30.4 Å².